The zero-order valence-electron chi connectivity index (χ0n) is 16.6. The molecular formula is C21H17ClN6O4. The normalized spacial score (nSPS) is 10.9. The van der Waals surface area contributed by atoms with Gasteiger partial charge in [-0.3, -0.25) is 24.3 Å². The van der Waals surface area contributed by atoms with E-state index in [-0.39, 0.29) is 30.2 Å². The summed E-state index contributed by atoms with van der Waals surface area (Å²) in [4.78, 5) is 39.8. The van der Waals surface area contributed by atoms with Crippen LogP contribution in [0.15, 0.2) is 65.8 Å². The van der Waals surface area contributed by atoms with E-state index in [0.717, 1.165) is 0 Å². The molecule has 0 spiro atoms. The number of nitro benzene ring substituents is 1. The number of benzene rings is 2. The summed E-state index contributed by atoms with van der Waals surface area (Å²) in [6, 6.07) is 12.6. The highest BCUT2D eigenvalue weighted by atomic mass is 35.5. The Balaban J connectivity index is 1.46. The number of nitro groups is 1. The molecule has 0 aliphatic rings. The van der Waals surface area contributed by atoms with Crippen LogP contribution >= 0.6 is 11.6 Å². The molecule has 0 bridgehead atoms. The van der Waals surface area contributed by atoms with Crippen molar-refractivity contribution in [2.45, 2.75) is 13.1 Å². The molecule has 1 amide bonds. The Morgan fingerprint density at radius 1 is 1.19 bits per heavy atom. The number of fused-ring (bicyclic) bond motifs is 1. The third-order valence-electron chi connectivity index (χ3n) is 4.81. The highest BCUT2D eigenvalue weighted by Gasteiger charge is 2.12. The van der Waals surface area contributed by atoms with E-state index in [4.69, 9.17) is 11.6 Å². The largest absolute Gasteiger partial charge is 0.350 e. The van der Waals surface area contributed by atoms with Gasteiger partial charge in [-0.15, -0.1) is 0 Å². The molecule has 4 aromatic rings. The summed E-state index contributed by atoms with van der Waals surface area (Å²) in [5.74, 6) is -0.245. The second-order valence-electron chi connectivity index (χ2n) is 6.97. The molecule has 0 radical (unpaired) electrons. The average molecular weight is 453 g/mol. The number of halogens is 1. The van der Waals surface area contributed by atoms with Gasteiger partial charge in [0.25, 0.3) is 17.2 Å². The molecule has 0 saturated heterocycles. The number of carbonyl (C=O) groups excluding carboxylic acids is 1. The molecule has 2 aromatic heterocycles. The molecule has 11 heteroatoms. The molecule has 0 aliphatic carbocycles. The van der Waals surface area contributed by atoms with Crippen molar-refractivity contribution in [3.63, 3.8) is 0 Å². The number of nitrogens with zero attached hydrogens (tertiary/aromatic N) is 5. The summed E-state index contributed by atoms with van der Waals surface area (Å²) in [5, 5.41) is 18.8. The number of hydrogen-bond acceptors (Lipinski definition) is 6. The van der Waals surface area contributed by atoms with Gasteiger partial charge in [0.05, 0.1) is 24.2 Å². The first-order valence-corrected chi connectivity index (χ1v) is 9.98. The number of aromatic nitrogens is 4. The second-order valence-corrected chi connectivity index (χ2v) is 7.41. The van der Waals surface area contributed by atoms with Crippen LogP contribution in [0.5, 0.6) is 0 Å². The van der Waals surface area contributed by atoms with Gasteiger partial charge in [-0.1, -0.05) is 23.7 Å². The maximum Gasteiger partial charge on any atom is 0.269 e. The maximum atomic E-state index is 12.8. The van der Waals surface area contributed by atoms with E-state index in [9.17, 15) is 19.7 Å². The first-order chi connectivity index (χ1) is 15.4. The van der Waals surface area contributed by atoms with Crippen LogP contribution < -0.4 is 10.9 Å². The van der Waals surface area contributed by atoms with Crippen LogP contribution in [-0.4, -0.2) is 36.7 Å². The topological polar surface area (TPSA) is 125 Å². The van der Waals surface area contributed by atoms with E-state index in [1.807, 2.05) is 0 Å². The van der Waals surface area contributed by atoms with Crippen LogP contribution in [0.2, 0.25) is 5.02 Å². The standard InChI is InChI=1S/C21H17ClN6O4/c22-16-6-4-15(5-7-16)20(29)23-8-9-27-19-18(11-25-27)21(30)26(13-24-19)12-14-2-1-3-17(10-14)28(31)32/h1-7,10-11,13H,8-9,12H2,(H,23,29). The van der Waals surface area contributed by atoms with Crippen LogP contribution in [0.3, 0.4) is 0 Å². The summed E-state index contributed by atoms with van der Waals surface area (Å²) < 4.78 is 2.91. The predicted molar refractivity (Wildman–Crippen MR) is 118 cm³/mol. The molecule has 0 fully saturated rings. The minimum Gasteiger partial charge on any atom is -0.350 e. The fraction of sp³-hybridized carbons (Fsp3) is 0.143. The van der Waals surface area contributed by atoms with E-state index >= 15 is 0 Å². The Kier molecular flexibility index (Phi) is 5.95. The van der Waals surface area contributed by atoms with E-state index in [1.54, 1.807) is 36.4 Å². The highest BCUT2D eigenvalue weighted by Crippen LogP contribution is 2.14. The van der Waals surface area contributed by atoms with Crippen molar-refractivity contribution in [3.8, 4) is 0 Å². The molecule has 0 saturated carbocycles. The lowest BCUT2D eigenvalue weighted by Gasteiger charge is -2.08. The van der Waals surface area contributed by atoms with E-state index in [1.165, 1.54) is 33.9 Å². The first kappa shape index (κ1) is 21.2. The zero-order valence-corrected chi connectivity index (χ0v) is 17.4. The summed E-state index contributed by atoms with van der Waals surface area (Å²) in [6.45, 7) is 0.757. The lowest BCUT2D eigenvalue weighted by Crippen LogP contribution is -2.27. The van der Waals surface area contributed by atoms with Gasteiger partial charge in [0, 0.05) is 29.3 Å². The molecule has 2 aromatic carbocycles. The summed E-state index contributed by atoms with van der Waals surface area (Å²) >= 11 is 5.83. The molecule has 0 atom stereocenters. The molecule has 0 aliphatic heterocycles. The van der Waals surface area contributed by atoms with Crippen LogP contribution in [0.1, 0.15) is 15.9 Å². The summed E-state index contributed by atoms with van der Waals surface area (Å²) in [7, 11) is 0. The van der Waals surface area contributed by atoms with Crippen molar-refractivity contribution in [2.24, 2.45) is 0 Å². The van der Waals surface area contributed by atoms with Gasteiger partial charge >= 0.3 is 0 Å². The van der Waals surface area contributed by atoms with E-state index in [0.29, 0.717) is 33.7 Å². The van der Waals surface area contributed by atoms with Crippen molar-refractivity contribution in [1.29, 1.82) is 0 Å². The summed E-state index contributed by atoms with van der Waals surface area (Å²) in [5.41, 5.74) is 1.14. The van der Waals surface area contributed by atoms with E-state index in [2.05, 4.69) is 15.4 Å². The Morgan fingerprint density at radius 3 is 2.72 bits per heavy atom. The number of carbonyl (C=O) groups is 1. The van der Waals surface area contributed by atoms with Crippen molar-refractivity contribution in [1.82, 2.24) is 24.6 Å². The minimum atomic E-state index is -0.483. The number of nitrogens with one attached hydrogen (secondary N) is 1. The SMILES string of the molecule is O=C(NCCn1ncc2c(=O)n(Cc3cccc([N+](=O)[O-])c3)cnc21)c1ccc(Cl)cc1. The third kappa shape index (κ3) is 4.49. The minimum absolute atomic E-state index is 0.0435. The van der Waals surface area contributed by atoms with E-state index < -0.39 is 4.92 Å². The monoisotopic (exact) mass is 452 g/mol. The molecule has 32 heavy (non-hydrogen) atoms. The van der Waals surface area contributed by atoms with Gasteiger partial charge in [-0.05, 0) is 29.8 Å². The maximum absolute atomic E-state index is 12.8. The van der Waals surface area contributed by atoms with Gasteiger partial charge < -0.3 is 5.32 Å². The Bertz CT molecular complexity index is 1360. The van der Waals surface area contributed by atoms with Crippen molar-refractivity contribution in [3.05, 3.63) is 97.7 Å². The van der Waals surface area contributed by atoms with Crippen molar-refractivity contribution < 1.29 is 9.72 Å². The third-order valence-corrected chi connectivity index (χ3v) is 5.06. The summed E-state index contributed by atoms with van der Waals surface area (Å²) in [6.07, 6.45) is 2.81. The quantitative estimate of drug-likeness (QED) is 0.339. The lowest BCUT2D eigenvalue weighted by atomic mass is 10.2. The fourth-order valence-corrected chi connectivity index (χ4v) is 3.34. The number of amides is 1. The average Bonchev–Trinajstić information content (AvgIpc) is 3.20. The Morgan fingerprint density at radius 2 is 1.97 bits per heavy atom. The molecular weight excluding hydrogens is 436 g/mol. The molecule has 162 valence electrons. The van der Waals surface area contributed by atoms with Gasteiger partial charge in [0.15, 0.2) is 5.65 Å². The van der Waals surface area contributed by atoms with Crippen molar-refractivity contribution >= 4 is 34.2 Å². The molecule has 10 nitrogen and oxygen atoms in total. The lowest BCUT2D eigenvalue weighted by molar-refractivity contribution is -0.384. The molecule has 0 unspecified atom stereocenters. The number of non-ortho nitro benzene ring substituents is 1. The van der Waals surface area contributed by atoms with Crippen molar-refractivity contribution in [2.75, 3.05) is 6.54 Å². The molecule has 4 rings (SSSR count). The zero-order chi connectivity index (χ0) is 22.7. The van der Waals surface area contributed by atoms with Crippen LogP contribution in [0, 0.1) is 10.1 Å². The van der Waals surface area contributed by atoms with Crippen LogP contribution in [0.25, 0.3) is 11.0 Å². The molecule has 1 N–H and O–H groups in total. The van der Waals surface area contributed by atoms with Gasteiger partial charge in [0.1, 0.15) is 11.7 Å². The first-order valence-electron chi connectivity index (χ1n) is 9.60. The number of rotatable bonds is 7. The van der Waals surface area contributed by atoms with Gasteiger partial charge in [-0.25, -0.2) is 9.67 Å². The Labute approximate surface area is 186 Å². The van der Waals surface area contributed by atoms with Crippen LogP contribution in [0.4, 0.5) is 5.69 Å². The second kappa shape index (κ2) is 8.98. The van der Waals surface area contributed by atoms with Gasteiger partial charge in [-0.2, -0.15) is 5.10 Å². The highest BCUT2D eigenvalue weighted by molar-refractivity contribution is 6.30. The predicted octanol–water partition coefficient (Wildman–Crippen LogP) is 2.63. The Hall–Kier alpha value is -4.05. The number of hydrogen-bond donors (Lipinski definition) is 1. The van der Waals surface area contributed by atoms with Crippen LogP contribution in [-0.2, 0) is 13.1 Å². The van der Waals surface area contributed by atoms with Gasteiger partial charge in [0.2, 0.25) is 0 Å². The molecule has 2 heterocycles. The fourth-order valence-electron chi connectivity index (χ4n) is 3.22. The smallest absolute Gasteiger partial charge is 0.269 e.